The van der Waals surface area contributed by atoms with Gasteiger partial charge in [-0.2, -0.15) is 0 Å². The van der Waals surface area contributed by atoms with Gasteiger partial charge in [0.25, 0.3) is 0 Å². The molecule has 0 heterocycles. The maximum atomic E-state index is 8.72. The predicted octanol–water partition coefficient (Wildman–Crippen LogP) is 0.624. The number of hydrogen-bond donors (Lipinski definition) is 2. The molecule has 0 fully saturated rings. The van der Waals surface area contributed by atoms with Gasteiger partial charge in [-0.25, -0.2) is 0 Å². The molecule has 0 aromatic carbocycles. The lowest BCUT2D eigenvalue weighted by atomic mass is 10.2. The summed E-state index contributed by atoms with van der Waals surface area (Å²) in [5.74, 6) is 0. The molecule has 0 aliphatic carbocycles. The fraction of sp³-hybridized carbons (Fsp3) is 0.167. The first-order chi connectivity index (χ1) is 3.72. The van der Waals surface area contributed by atoms with Crippen molar-refractivity contribution in [3.8, 4) is 0 Å². The minimum atomic E-state index is -0.819. The summed E-state index contributed by atoms with van der Waals surface area (Å²) in [6.07, 6.45) is 0.467. The van der Waals surface area contributed by atoms with Crippen LogP contribution in [0.15, 0.2) is 24.8 Å². The van der Waals surface area contributed by atoms with Gasteiger partial charge in [0.2, 0.25) is 0 Å². The monoisotopic (exact) mass is 113 g/mol. The number of rotatable bonds is 3. The van der Waals surface area contributed by atoms with Crippen LogP contribution in [-0.4, -0.2) is 16.3 Å². The topological polar surface area (TPSA) is 40.5 Å². The minimum Gasteiger partial charge on any atom is -0.386 e. The molecule has 0 aromatic heterocycles. The molecular weight excluding hydrogens is 104 g/mol. The molecule has 45 valence electrons. The van der Waals surface area contributed by atoms with Gasteiger partial charge in [0.05, 0.1) is 6.10 Å². The molecule has 0 rings (SSSR count). The Bertz CT molecular complexity index is 96.7. The third kappa shape index (κ3) is 1.91. The van der Waals surface area contributed by atoms with Gasteiger partial charge in [0.15, 0.2) is 0 Å². The van der Waals surface area contributed by atoms with Crippen molar-refractivity contribution in [2.45, 2.75) is 6.10 Å². The molecule has 0 aromatic rings. The molecule has 2 nitrogen and oxygen atoms in total. The van der Waals surface area contributed by atoms with Crippen molar-refractivity contribution in [1.82, 2.24) is 0 Å². The fourth-order valence-corrected chi connectivity index (χ4v) is 0.228. The number of hydrogen-bond acceptors (Lipinski definition) is 2. The third-order valence-corrected chi connectivity index (χ3v) is 0.769. The third-order valence-electron chi connectivity index (χ3n) is 0.769. The van der Waals surface area contributed by atoms with E-state index in [2.05, 4.69) is 13.2 Å². The molecule has 0 aliphatic rings. The molecule has 0 saturated carbocycles. The number of aliphatic hydroxyl groups is 2. The van der Waals surface area contributed by atoms with Crippen molar-refractivity contribution in [2.24, 2.45) is 0 Å². The van der Waals surface area contributed by atoms with E-state index in [9.17, 15) is 0 Å². The highest BCUT2D eigenvalue weighted by Crippen LogP contribution is 2.00. The van der Waals surface area contributed by atoms with Gasteiger partial charge in [-0.3, -0.25) is 0 Å². The van der Waals surface area contributed by atoms with E-state index in [1.54, 1.807) is 0 Å². The maximum absolute atomic E-state index is 8.72. The minimum absolute atomic E-state index is 0.250. The summed E-state index contributed by atoms with van der Waals surface area (Å²) < 4.78 is 0. The van der Waals surface area contributed by atoms with Gasteiger partial charge < -0.3 is 10.2 Å². The van der Waals surface area contributed by atoms with Crippen LogP contribution in [0.25, 0.3) is 0 Å². The Labute approximate surface area is 48.8 Å². The smallest absolute Gasteiger partial charge is 0.107 e. The molecule has 0 spiro atoms. The first-order valence-electron chi connectivity index (χ1n) is 2.19. The van der Waals surface area contributed by atoms with Gasteiger partial charge in [0, 0.05) is 0 Å². The van der Waals surface area contributed by atoms with E-state index in [1.165, 1.54) is 6.08 Å². The Balaban J connectivity index is 3.62. The van der Waals surface area contributed by atoms with Gasteiger partial charge in [-0.1, -0.05) is 12.7 Å². The lowest BCUT2D eigenvalue weighted by Crippen LogP contribution is -2.04. The average molecular weight is 113 g/mol. The van der Waals surface area contributed by atoms with Crippen molar-refractivity contribution in [3.63, 3.8) is 0 Å². The van der Waals surface area contributed by atoms with Gasteiger partial charge in [-0.15, -0.1) is 6.58 Å². The van der Waals surface area contributed by atoms with Crippen molar-refractivity contribution in [2.75, 3.05) is 0 Å². The van der Waals surface area contributed by atoms with Crippen molar-refractivity contribution in [1.29, 1.82) is 0 Å². The standard InChI is InChI=1S/C6H9O2/c1-3-6(8)5(2)4-7/h3-4,6-8H,1-2H2. The van der Waals surface area contributed by atoms with Crippen LogP contribution in [-0.2, 0) is 0 Å². The first-order valence-corrected chi connectivity index (χ1v) is 2.19. The second-order valence-corrected chi connectivity index (χ2v) is 1.38. The second-order valence-electron chi connectivity index (χ2n) is 1.38. The summed E-state index contributed by atoms with van der Waals surface area (Å²) in [5, 5.41) is 16.9. The highest BCUT2D eigenvalue weighted by molar-refractivity contribution is 5.14. The van der Waals surface area contributed by atoms with E-state index < -0.39 is 6.10 Å². The molecule has 0 aliphatic heterocycles. The Kier molecular flexibility index (Phi) is 3.15. The molecular formula is C6H9O2. The molecule has 2 N–H and O–H groups in total. The van der Waals surface area contributed by atoms with E-state index in [1.807, 2.05) is 0 Å². The highest BCUT2D eigenvalue weighted by Gasteiger charge is 1.99. The van der Waals surface area contributed by atoms with Crippen LogP contribution in [0.5, 0.6) is 0 Å². The summed E-state index contributed by atoms with van der Waals surface area (Å²) >= 11 is 0. The second kappa shape index (κ2) is 3.41. The molecule has 0 amide bonds. The summed E-state index contributed by atoms with van der Waals surface area (Å²) in [7, 11) is 0. The van der Waals surface area contributed by atoms with Crippen LogP contribution in [0.1, 0.15) is 0 Å². The van der Waals surface area contributed by atoms with E-state index in [4.69, 9.17) is 10.2 Å². The van der Waals surface area contributed by atoms with E-state index in [0.29, 0.717) is 0 Å². The highest BCUT2D eigenvalue weighted by atomic mass is 16.3. The van der Waals surface area contributed by atoms with Gasteiger partial charge >= 0.3 is 0 Å². The molecule has 1 unspecified atom stereocenters. The Morgan fingerprint density at radius 2 is 2.12 bits per heavy atom. The van der Waals surface area contributed by atoms with Gasteiger partial charge in [-0.05, 0) is 5.57 Å². The largest absolute Gasteiger partial charge is 0.386 e. The Hall–Kier alpha value is -0.600. The lowest BCUT2D eigenvalue weighted by Gasteiger charge is -2.02. The first kappa shape index (κ1) is 7.40. The Morgan fingerprint density at radius 3 is 2.25 bits per heavy atom. The van der Waals surface area contributed by atoms with E-state index in [-0.39, 0.29) is 5.57 Å². The molecule has 1 atom stereocenters. The van der Waals surface area contributed by atoms with Crippen LogP contribution < -0.4 is 0 Å². The van der Waals surface area contributed by atoms with E-state index in [0.717, 1.165) is 6.61 Å². The molecule has 8 heavy (non-hydrogen) atoms. The normalized spacial score (nSPS) is 12.8. The quantitative estimate of drug-likeness (QED) is 0.527. The lowest BCUT2D eigenvalue weighted by molar-refractivity contribution is 0.247. The summed E-state index contributed by atoms with van der Waals surface area (Å²) in [6.45, 7) is 7.36. The van der Waals surface area contributed by atoms with Crippen LogP contribution in [0.3, 0.4) is 0 Å². The van der Waals surface area contributed by atoms with Crippen molar-refractivity contribution < 1.29 is 10.2 Å². The van der Waals surface area contributed by atoms with Crippen molar-refractivity contribution >= 4 is 0 Å². The summed E-state index contributed by atoms with van der Waals surface area (Å²) in [6, 6.07) is 0. The summed E-state index contributed by atoms with van der Waals surface area (Å²) in [4.78, 5) is 0. The zero-order valence-corrected chi connectivity index (χ0v) is 4.54. The van der Waals surface area contributed by atoms with Crippen LogP contribution in [0.2, 0.25) is 0 Å². The van der Waals surface area contributed by atoms with Crippen LogP contribution in [0, 0.1) is 6.61 Å². The van der Waals surface area contributed by atoms with E-state index >= 15 is 0 Å². The predicted molar refractivity (Wildman–Crippen MR) is 31.6 cm³/mol. The van der Waals surface area contributed by atoms with Gasteiger partial charge in [0.1, 0.15) is 6.61 Å². The molecule has 0 saturated heterocycles. The fourth-order valence-electron chi connectivity index (χ4n) is 0.228. The molecule has 2 heteroatoms. The SMILES string of the molecule is C=CC(O)C(=C)[CH]O. The zero-order valence-electron chi connectivity index (χ0n) is 4.54. The zero-order chi connectivity index (χ0) is 6.57. The summed E-state index contributed by atoms with van der Waals surface area (Å²) in [5.41, 5.74) is 0.250. The van der Waals surface area contributed by atoms with Crippen LogP contribution in [0.4, 0.5) is 0 Å². The molecule has 1 radical (unpaired) electrons. The Morgan fingerprint density at radius 1 is 1.62 bits per heavy atom. The number of aliphatic hydroxyl groups excluding tert-OH is 2. The van der Waals surface area contributed by atoms with Crippen LogP contribution >= 0.6 is 0 Å². The maximum Gasteiger partial charge on any atom is 0.107 e. The van der Waals surface area contributed by atoms with Crippen molar-refractivity contribution in [3.05, 3.63) is 31.4 Å². The molecule has 0 bridgehead atoms. The average Bonchev–Trinajstić information content (AvgIpc) is 1.84.